The summed E-state index contributed by atoms with van der Waals surface area (Å²) < 4.78 is 18.9. The molecule has 0 bridgehead atoms. The molecule has 7 heteroatoms. The van der Waals surface area contributed by atoms with Crippen LogP contribution in [0.4, 0.5) is 0 Å². The van der Waals surface area contributed by atoms with Gasteiger partial charge in [-0.05, 0) is 12.1 Å². The molecular weight excluding hydrogens is 356 g/mol. The summed E-state index contributed by atoms with van der Waals surface area (Å²) in [5.41, 5.74) is 1.90. The van der Waals surface area contributed by atoms with Crippen LogP contribution in [-0.2, 0) is 11.2 Å². The molecular formula is C21H22N4O3. The number of ether oxygens (including phenoxy) is 3. The predicted molar refractivity (Wildman–Crippen MR) is 104 cm³/mol. The maximum absolute atomic E-state index is 5.75. The fraction of sp³-hybridized carbons (Fsp3) is 0.333. The first-order valence-electron chi connectivity index (χ1n) is 9.59. The van der Waals surface area contributed by atoms with Crippen molar-refractivity contribution in [2.24, 2.45) is 0 Å². The smallest absolute Gasteiger partial charge is 0.181 e. The zero-order valence-electron chi connectivity index (χ0n) is 15.5. The summed E-state index contributed by atoms with van der Waals surface area (Å²) in [6.45, 7) is 3.41. The minimum atomic E-state index is 0.220. The van der Waals surface area contributed by atoms with Gasteiger partial charge in [-0.1, -0.05) is 30.3 Å². The summed E-state index contributed by atoms with van der Waals surface area (Å²) in [6.07, 6.45) is 0.730. The number of fused-ring (bicyclic) bond motifs is 1. The minimum Gasteiger partial charge on any atom is -0.486 e. The highest BCUT2D eigenvalue weighted by molar-refractivity contribution is 5.55. The third-order valence-electron chi connectivity index (χ3n) is 4.90. The van der Waals surface area contributed by atoms with Gasteiger partial charge in [0.25, 0.3) is 0 Å². The van der Waals surface area contributed by atoms with Crippen molar-refractivity contribution < 1.29 is 14.2 Å². The van der Waals surface area contributed by atoms with E-state index in [-0.39, 0.29) is 6.04 Å². The van der Waals surface area contributed by atoms with Crippen molar-refractivity contribution in [1.82, 2.24) is 20.1 Å². The number of nitrogens with zero attached hydrogens (tertiary/aromatic N) is 3. The Balaban J connectivity index is 1.53. The van der Waals surface area contributed by atoms with Crippen molar-refractivity contribution in [3.8, 4) is 28.6 Å². The highest BCUT2D eigenvalue weighted by Crippen LogP contribution is 2.32. The molecule has 2 aliphatic heterocycles. The maximum Gasteiger partial charge on any atom is 0.181 e. The highest BCUT2D eigenvalue weighted by Gasteiger charge is 2.21. The molecule has 3 heterocycles. The van der Waals surface area contributed by atoms with E-state index >= 15 is 0 Å². The van der Waals surface area contributed by atoms with E-state index in [1.54, 1.807) is 0 Å². The number of rotatable bonds is 4. The molecule has 144 valence electrons. The average Bonchev–Trinajstić information content (AvgIpc) is 3.18. The molecule has 0 unspecified atom stereocenters. The lowest BCUT2D eigenvalue weighted by atomic mass is 10.2. The van der Waals surface area contributed by atoms with Crippen LogP contribution in [0.1, 0.15) is 5.82 Å². The Labute approximate surface area is 163 Å². The van der Waals surface area contributed by atoms with E-state index in [9.17, 15) is 0 Å². The van der Waals surface area contributed by atoms with Crippen molar-refractivity contribution in [2.45, 2.75) is 12.5 Å². The zero-order chi connectivity index (χ0) is 18.8. The minimum absolute atomic E-state index is 0.220. The molecule has 1 N–H and O–H groups in total. The summed E-state index contributed by atoms with van der Waals surface area (Å²) >= 11 is 0. The summed E-state index contributed by atoms with van der Waals surface area (Å²) in [5, 5.41) is 8.30. The number of benzene rings is 2. The van der Waals surface area contributed by atoms with E-state index in [1.807, 2.05) is 53.2 Å². The zero-order valence-corrected chi connectivity index (χ0v) is 15.5. The van der Waals surface area contributed by atoms with Crippen molar-refractivity contribution in [2.75, 3.05) is 33.0 Å². The Morgan fingerprint density at radius 3 is 2.68 bits per heavy atom. The van der Waals surface area contributed by atoms with E-state index in [1.165, 1.54) is 0 Å². The Hall–Kier alpha value is -2.90. The quantitative estimate of drug-likeness (QED) is 0.751. The molecule has 0 amide bonds. The molecule has 0 spiro atoms. The molecule has 5 rings (SSSR count). The number of hydrogen-bond donors (Lipinski definition) is 1. The third-order valence-corrected chi connectivity index (χ3v) is 4.90. The van der Waals surface area contributed by atoms with Gasteiger partial charge in [-0.2, -0.15) is 0 Å². The SMILES string of the molecule is c1ccc(-c2nc(C[C@@H]3COCCN3)n(-c3ccc4c(c3)OCCO4)n2)cc1. The normalized spacial score (nSPS) is 18.8. The van der Waals surface area contributed by atoms with Gasteiger partial charge in [-0.15, -0.1) is 5.10 Å². The number of hydrogen-bond acceptors (Lipinski definition) is 6. The lowest BCUT2D eigenvalue weighted by Gasteiger charge is -2.23. The van der Waals surface area contributed by atoms with Gasteiger partial charge >= 0.3 is 0 Å². The van der Waals surface area contributed by atoms with Crippen LogP contribution in [0.2, 0.25) is 0 Å². The lowest BCUT2D eigenvalue weighted by molar-refractivity contribution is 0.0762. The van der Waals surface area contributed by atoms with Gasteiger partial charge in [0.15, 0.2) is 17.3 Å². The fourth-order valence-corrected chi connectivity index (χ4v) is 3.53. The van der Waals surface area contributed by atoms with Gasteiger partial charge in [0.05, 0.1) is 18.9 Å². The maximum atomic E-state index is 5.75. The van der Waals surface area contributed by atoms with Crippen LogP contribution < -0.4 is 14.8 Å². The topological polar surface area (TPSA) is 70.4 Å². The number of morpholine rings is 1. The first-order chi connectivity index (χ1) is 13.9. The van der Waals surface area contributed by atoms with Crippen LogP contribution in [0.3, 0.4) is 0 Å². The molecule has 1 atom stereocenters. The number of nitrogens with one attached hydrogen (secondary N) is 1. The molecule has 0 aliphatic carbocycles. The van der Waals surface area contributed by atoms with Crippen LogP contribution in [0.25, 0.3) is 17.1 Å². The standard InChI is InChI=1S/C21H22N4O3/c1-2-4-15(5-3-1)21-23-20(12-16-14-26-9-8-22-16)25(24-21)17-6-7-18-19(13-17)28-11-10-27-18/h1-7,13,16,22H,8-12,14H2/t16-/m1/s1. The fourth-order valence-electron chi connectivity index (χ4n) is 3.53. The van der Waals surface area contributed by atoms with E-state index in [0.717, 1.165) is 48.1 Å². The second kappa shape index (κ2) is 7.61. The van der Waals surface area contributed by atoms with Gasteiger partial charge < -0.3 is 19.5 Å². The van der Waals surface area contributed by atoms with Gasteiger partial charge in [-0.3, -0.25) is 0 Å². The molecule has 7 nitrogen and oxygen atoms in total. The second-order valence-corrected chi connectivity index (χ2v) is 6.89. The van der Waals surface area contributed by atoms with Crippen LogP contribution in [-0.4, -0.2) is 53.8 Å². The van der Waals surface area contributed by atoms with Crippen LogP contribution in [0.15, 0.2) is 48.5 Å². The van der Waals surface area contributed by atoms with Crippen molar-refractivity contribution in [3.63, 3.8) is 0 Å². The van der Waals surface area contributed by atoms with E-state index < -0.39 is 0 Å². The van der Waals surface area contributed by atoms with Crippen molar-refractivity contribution in [3.05, 3.63) is 54.4 Å². The first-order valence-corrected chi connectivity index (χ1v) is 9.59. The molecule has 0 radical (unpaired) electrons. The third kappa shape index (κ3) is 3.46. The Morgan fingerprint density at radius 1 is 1.00 bits per heavy atom. The van der Waals surface area contributed by atoms with E-state index in [0.29, 0.717) is 25.6 Å². The van der Waals surface area contributed by atoms with Gasteiger partial charge in [0.1, 0.15) is 19.0 Å². The molecule has 2 aromatic carbocycles. The molecule has 1 saturated heterocycles. The Kier molecular flexibility index (Phi) is 4.68. The summed E-state index contributed by atoms with van der Waals surface area (Å²) in [7, 11) is 0. The van der Waals surface area contributed by atoms with Crippen LogP contribution in [0, 0.1) is 0 Å². The first kappa shape index (κ1) is 17.2. The molecule has 0 saturated carbocycles. The van der Waals surface area contributed by atoms with Gasteiger partial charge in [0, 0.05) is 30.6 Å². The van der Waals surface area contributed by atoms with Gasteiger partial charge in [-0.25, -0.2) is 9.67 Å². The molecule has 2 aliphatic rings. The van der Waals surface area contributed by atoms with Crippen LogP contribution >= 0.6 is 0 Å². The van der Waals surface area contributed by atoms with Crippen LogP contribution in [0.5, 0.6) is 11.5 Å². The molecule has 1 fully saturated rings. The molecule has 1 aromatic heterocycles. The predicted octanol–water partition coefficient (Wildman–Crippen LogP) is 2.24. The van der Waals surface area contributed by atoms with E-state index in [2.05, 4.69) is 5.32 Å². The molecule has 3 aromatic rings. The van der Waals surface area contributed by atoms with E-state index in [4.69, 9.17) is 24.3 Å². The van der Waals surface area contributed by atoms with Crippen molar-refractivity contribution in [1.29, 1.82) is 0 Å². The lowest BCUT2D eigenvalue weighted by Crippen LogP contribution is -2.43. The Bertz CT molecular complexity index is 952. The van der Waals surface area contributed by atoms with Gasteiger partial charge in [0.2, 0.25) is 0 Å². The van der Waals surface area contributed by atoms with Crippen molar-refractivity contribution >= 4 is 0 Å². The number of aromatic nitrogens is 3. The monoisotopic (exact) mass is 378 g/mol. The molecule has 28 heavy (non-hydrogen) atoms. The summed E-state index contributed by atoms with van der Waals surface area (Å²) in [6, 6.07) is 16.1. The Morgan fingerprint density at radius 2 is 1.86 bits per heavy atom. The summed E-state index contributed by atoms with van der Waals surface area (Å²) in [4.78, 5) is 4.85. The largest absolute Gasteiger partial charge is 0.486 e. The average molecular weight is 378 g/mol. The highest BCUT2D eigenvalue weighted by atomic mass is 16.6. The second-order valence-electron chi connectivity index (χ2n) is 6.89. The summed E-state index contributed by atoms with van der Waals surface area (Å²) in [5.74, 6) is 3.11.